The van der Waals surface area contributed by atoms with Crippen LogP contribution in [0.5, 0.6) is 0 Å². The molecule has 2 heterocycles. The molecule has 0 aromatic carbocycles. The highest BCUT2D eigenvalue weighted by Gasteiger charge is 2.24. The van der Waals surface area contributed by atoms with Crippen molar-refractivity contribution in [1.82, 2.24) is 9.88 Å². The molecule has 2 rings (SSSR count). The number of piperidine rings is 1. The Balaban J connectivity index is 2.04. The van der Waals surface area contributed by atoms with Crippen LogP contribution in [0.2, 0.25) is 0 Å². The van der Waals surface area contributed by atoms with Gasteiger partial charge in [0.05, 0.1) is 11.7 Å². The number of rotatable bonds is 3. The van der Waals surface area contributed by atoms with Crippen LogP contribution in [0.25, 0.3) is 0 Å². The number of pyridine rings is 1. The zero-order chi connectivity index (χ0) is 13.0. The third-order valence-corrected chi connectivity index (χ3v) is 3.45. The molecule has 1 aromatic rings. The minimum absolute atomic E-state index is 0.0354. The Morgan fingerprint density at radius 3 is 3.17 bits per heavy atom. The third-order valence-electron chi connectivity index (χ3n) is 3.02. The predicted octanol–water partition coefficient (Wildman–Crippen LogP) is 2.49. The lowest BCUT2D eigenvalue weighted by molar-refractivity contribution is 0.00722. The number of nitrogens with zero attached hydrogens (tertiary/aromatic N) is 2. The molecule has 1 amide bonds. The second-order valence-corrected chi connectivity index (χ2v) is 5.28. The van der Waals surface area contributed by atoms with Crippen molar-refractivity contribution in [2.75, 3.05) is 19.7 Å². The molecule has 0 radical (unpaired) electrons. The zero-order valence-corrected chi connectivity index (χ0v) is 12.0. The number of aromatic nitrogens is 1. The minimum atomic E-state index is 0.0354. The van der Waals surface area contributed by atoms with Crippen molar-refractivity contribution in [3.63, 3.8) is 0 Å². The summed E-state index contributed by atoms with van der Waals surface area (Å²) in [6, 6.07) is 1.81. The molecule has 0 saturated carbocycles. The summed E-state index contributed by atoms with van der Waals surface area (Å²) in [5, 5.41) is 0. The smallest absolute Gasteiger partial charge is 0.255 e. The molecule has 1 saturated heterocycles. The maximum absolute atomic E-state index is 12.3. The first-order valence-electron chi connectivity index (χ1n) is 6.22. The number of amides is 1. The van der Waals surface area contributed by atoms with Gasteiger partial charge in [-0.1, -0.05) is 0 Å². The summed E-state index contributed by atoms with van der Waals surface area (Å²) in [5.74, 6) is 0.0354. The van der Waals surface area contributed by atoms with E-state index in [1.165, 1.54) is 0 Å². The van der Waals surface area contributed by atoms with E-state index in [9.17, 15) is 4.79 Å². The second-order valence-electron chi connectivity index (χ2n) is 4.36. The molecule has 1 atom stereocenters. The number of likely N-dealkylation sites (tertiary alicyclic amines) is 1. The summed E-state index contributed by atoms with van der Waals surface area (Å²) in [7, 11) is 0. The monoisotopic (exact) mass is 312 g/mol. The third kappa shape index (κ3) is 3.29. The highest BCUT2D eigenvalue weighted by Crippen LogP contribution is 2.17. The number of hydrogen-bond donors (Lipinski definition) is 0. The van der Waals surface area contributed by atoms with E-state index in [0.717, 1.165) is 23.9 Å². The Bertz CT molecular complexity index is 423. The van der Waals surface area contributed by atoms with Gasteiger partial charge in [-0.25, -0.2) is 0 Å². The highest BCUT2D eigenvalue weighted by molar-refractivity contribution is 9.10. The summed E-state index contributed by atoms with van der Waals surface area (Å²) in [4.78, 5) is 18.2. The average molecular weight is 313 g/mol. The summed E-state index contributed by atoms with van der Waals surface area (Å²) < 4.78 is 6.43. The van der Waals surface area contributed by atoms with Crippen molar-refractivity contribution in [1.29, 1.82) is 0 Å². The molecule has 0 N–H and O–H groups in total. The van der Waals surface area contributed by atoms with E-state index in [0.29, 0.717) is 18.7 Å². The molecule has 0 aliphatic carbocycles. The van der Waals surface area contributed by atoms with Gasteiger partial charge < -0.3 is 9.64 Å². The molecule has 0 spiro atoms. The van der Waals surface area contributed by atoms with Crippen molar-refractivity contribution >= 4 is 21.8 Å². The molecule has 1 aliphatic heterocycles. The van der Waals surface area contributed by atoms with Crippen molar-refractivity contribution in [3.05, 3.63) is 28.5 Å². The number of carbonyl (C=O) groups is 1. The SMILES string of the molecule is CCOC1CCCN(C(=O)c2cncc(Br)c2)C1. The van der Waals surface area contributed by atoms with Gasteiger partial charge in [-0.3, -0.25) is 9.78 Å². The number of carbonyl (C=O) groups excluding carboxylic acids is 1. The molecule has 5 heteroatoms. The fourth-order valence-corrected chi connectivity index (χ4v) is 2.57. The maximum atomic E-state index is 12.3. The first-order chi connectivity index (χ1) is 8.70. The van der Waals surface area contributed by atoms with E-state index >= 15 is 0 Å². The van der Waals surface area contributed by atoms with Crippen LogP contribution in [0.15, 0.2) is 22.9 Å². The summed E-state index contributed by atoms with van der Waals surface area (Å²) in [6.07, 6.45) is 5.49. The Labute approximate surface area is 115 Å². The van der Waals surface area contributed by atoms with Gasteiger partial charge in [-0.15, -0.1) is 0 Å². The number of ether oxygens (including phenoxy) is 1. The Hall–Kier alpha value is -0.940. The van der Waals surface area contributed by atoms with E-state index in [-0.39, 0.29) is 12.0 Å². The van der Waals surface area contributed by atoms with E-state index in [4.69, 9.17) is 4.74 Å². The van der Waals surface area contributed by atoms with E-state index in [1.807, 2.05) is 11.8 Å². The van der Waals surface area contributed by atoms with Crippen LogP contribution in [0.1, 0.15) is 30.1 Å². The maximum Gasteiger partial charge on any atom is 0.255 e. The molecule has 1 fully saturated rings. The summed E-state index contributed by atoms with van der Waals surface area (Å²) in [5.41, 5.74) is 0.626. The minimum Gasteiger partial charge on any atom is -0.377 e. The van der Waals surface area contributed by atoms with Gasteiger partial charge in [-0.2, -0.15) is 0 Å². The van der Waals surface area contributed by atoms with Gasteiger partial charge >= 0.3 is 0 Å². The van der Waals surface area contributed by atoms with Crippen molar-refractivity contribution in [2.45, 2.75) is 25.9 Å². The average Bonchev–Trinajstić information content (AvgIpc) is 2.39. The topological polar surface area (TPSA) is 42.4 Å². The number of halogens is 1. The lowest BCUT2D eigenvalue weighted by Gasteiger charge is -2.32. The molecular weight excluding hydrogens is 296 g/mol. The van der Waals surface area contributed by atoms with Crippen LogP contribution in [0.4, 0.5) is 0 Å². The van der Waals surface area contributed by atoms with Crippen molar-refractivity contribution < 1.29 is 9.53 Å². The first kappa shape index (κ1) is 13.5. The molecular formula is C13H17BrN2O2. The first-order valence-corrected chi connectivity index (χ1v) is 7.01. The molecule has 98 valence electrons. The van der Waals surface area contributed by atoms with Crippen molar-refractivity contribution in [3.8, 4) is 0 Å². The fourth-order valence-electron chi connectivity index (χ4n) is 2.21. The molecule has 0 bridgehead atoms. The zero-order valence-electron chi connectivity index (χ0n) is 10.4. The van der Waals surface area contributed by atoms with Gasteiger partial charge in [0.1, 0.15) is 0 Å². The van der Waals surface area contributed by atoms with Crippen LogP contribution in [0.3, 0.4) is 0 Å². The van der Waals surface area contributed by atoms with Gasteiger partial charge in [0.2, 0.25) is 0 Å². The lowest BCUT2D eigenvalue weighted by Crippen LogP contribution is -2.43. The standard InChI is InChI=1S/C13H17BrN2O2/c1-2-18-12-4-3-5-16(9-12)13(17)10-6-11(14)8-15-7-10/h6-8,12H,2-5,9H2,1H3. The summed E-state index contributed by atoms with van der Waals surface area (Å²) in [6.45, 7) is 4.16. The van der Waals surface area contributed by atoms with Crippen LogP contribution in [0, 0.1) is 0 Å². The second kappa shape index (κ2) is 6.29. The van der Waals surface area contributed by atoms with E-state index < -0.39 is 0 Å². The van der Waals surface area contributed by atoms with E-state index in [1.54, 1.807) is 18.5 Å². The number of hydrogen-bond acceptors (Lipinski definition) is 3. The Morgan fingerprint density at radius 2 is 2.44 bits per heavy atom. The molecule has 1 aliphatic rings. The van der Waals surface area contributed by atoms with E-state index in [2.05, 4.69) is 20.9 Å². The molecule has 4 nitrogen and oxygen atoms in total. The molecule has 18 heavy (non-hydrogen) atoms. The van der Waals surface area contributed by atoms with Crippen LogP contribution < -0.4 is 0 Å². The van der Waals surface area contributed by atoms with Gasteiger partial charge in [0, 0.05) is 36.6 Å². The fraction of sp³-hybridized carbons (Fsp3) is 0.538. The lowest BCUT2D eigenvalue weighted by atomic mass is 10.1. The Kier molecular flexibility index (Phi) is 4.72. The van der Waals surface area contributed by atoms with Crippen LogP contribution in [-0.2, 0) is 4.74 Å². The molecule has 1 aromatic heterocycles. The van der Waals surface area contributed by atoms with Crippen LogP contribution in [-0.4, -0.2) is 41.6 Å². The van der Waals surface area contributed by atoms with Crippen molar-refractivity contribution in [2.24, 2.45) is 0 Å². The van der Waals surface area contributed by atoms with Gasteiger partial charge in [0.25, 0.3) is 5.91 Å². The highest BCUT2D eigenvalue weighted by atomic mass is 79.9. The van der Waals surface area contributed by atoms with Gasteiger partial charge in [0.15, 0.2) is 0 Å². The van der Waals surface area contributed by atoms with Crippen LogP contribution >= 0.6 is 15.9 Å². The largest absolute Gasteiger partial charge is 0.377 e. The molecule has 1 unspecified atom stereocenters. The predicted molar refractivity (Wildman–Crippen MR) is 72.5 cm³/mol. The quantitative estimate of drug-likeness (QED) is 0.861. The summed E-state index contributed by atoms with van der Waals surface area (Å²) >= 11 is 3.33. The normalized spacial score (nSPS) is 19.9. The van der Waals surface area contributed by atoms with Gasteiger partial charge in [-0.05, 0) is 41.8 Å². The Morgan fingerprint density at radius 1 is 1.61 bits per heavy atom.